The zero-order chi connectivity index (χ0) is 16.4. The fraction of sp³-hybridized carbons (Fsp3) is 0.529. The van der Waals surface area contributed by atoms with Crippen molar-refractivity contribution in [3.8, 4) is 0 Å². The van der Waals surface area contributed by atoms with E-state index in [4.69, 9.17) is 12.2 Å². The Kier molecular flexibility index (Phi) is 4.71. The maximum absolute atomic E-state index is 12.2. The number of rotatable bonds is 3. The lowest BCUT2D eigenvalue weighted by molar-refractivity contribution is 0.0943. The predicted octanol–water partition coefficient (Wildman–Crippen LogP) is 2.05. The summed E-state index contributed by atoms with van der Waals surface area (Å²) in [6, 6.07) is 7.93. The van der Waals surface area contributed by atoms with E-state index in [1.807, 2.05) is 37.2 Å². The number of amides is 1. The van der Waals surface area contributed by atoms with E-state index in [0.29, 0.717) is 16.7 Å². The van der Waals surface area contributed by atoms with E-state index in [0.717, 1.165) is 17.5 Å². The smallest absolute Gasteiger partial charge is 0.269 e. The van der Waals surface area contributed by atoms with Crippen LogP contribution in [0.2, 0.25) is 0 Å². The first kappa shape index (κ1) is 16.1. The van der Waals surface area contributed by atoms with Crippen molar-refractivity contribution in [1.29, 1.82) is 0 Å². The van der Waals surface area contributed by atoms with Gasteiger partial charge in [0, 0.05) is 31.4 Å². The molecule has 2 fully saturated rings. The average Bonchev–Trinajstić information content (AvgIpc) is 3.15. The third-order valence-corrected chi connectivity index (χ3v) is 5.19. The standard InChI is InChI=1S/C17H24N4OS/c1-21(2)14-5-3-4-13(10-14)16(22)19-20-17(23)18-15-9-11-6-7-12(15)8-11/h3-5,10-12,15H,6-9H2,1-2H3,(H,19,22)(H2,18,20,23)/t11-,12-,15-/m1/s1. The minimum Gasteiger partial charge on any atom is -0.378 e. The molecule has 23 heavy (non-hydrogen) atoms. The number of thiocarbonyl (C=S) groups is 1. The molecule has 1 aromatic rings. The maximum Gasteiger partial charge on any atom is 0.269 e. The van der Waals surface area contributed by atoms with Crippen LogP contribution in [0.4, 0.5) is 5.69 Å². The summed E-state index contributed by atoms with van der Waals surface area (Å²) in [6.45, 7) is 0. The normalized spacial score (nSPS) is 25.0. The average molecular weight is 332 g/mol. The van der Waals surface area contributed by atoms with Crippen molar-refractivity contribution < 1.29 is 4.79 Å². The van der Waals surface area contributed by atoms with E-state index in [1.165, 1.54) is 25.7 Å². The highest BCUT2D eigenvalue weighted by molar-refractivity contribution is 7.80. The molecule has 1 amide bonds. The molecule has 0 spiro atoms. The monoisotopic (exact) mass is 332 g/mol. The molecule has 0 saturated heterocycles. The summed E-state index contributed by atoms with van der Waals surface area (Å²) < 4.78 is 0. The number of hydrazine groups is 1. The van der Waals surface area contributed by atoms with Crippen molar-refractivity contribution in [1.82, 2.24) is 16.2 Å². The molecule has 0 radical (unpaired) electrons. The van der Waals surface area contributed by atoms with Crippen LogP contribution < -0.4 is 21.1 Å². The Morgan fingerprint density at radius 3 is 2.70 bits per heavy atom. The molecule has 5 nitrogen and oxygen atoms in total. The number of benzene rings is 1. The highest BCUT2D eigenvalue weighted by Crippen LogP contribution is 2.44. The molecule has 0 unspecified atom stereocenters. The van der Waals surface area contributed by atoms with Crippen LogP contribution in [0.5, 0.6) is 0 Å². The summed E-state index contributed by atoms with van der Waals surface area (Å²) >= 11 is 5.30. The Hall–Kier alpha value is -1.82. The quantitative estimate of drug-likeness (QED) is 0.584. The molecule has 2 aliphatic rings. The minimum absolute atomic E-state index is 0.189. The van der Waals surface area contributed by atoms with Crippen LogP contribution in [0.1, 0.15) is 36.0 Å². The van der Waals surface area contributed by atoms with Gasteiger partial charge in [0.25, 0.3) is 5.91 Å². The zero-order valence-corrected chi connectivity index (χ0v) is 14.5. The summed E-state index contributed by atoms with van der Waals surface area (Å²) in [4.78, 5) is 14.2. The molecule has 2 bridgehead atoms. The van der Waals surface area contributed by atoms with Gasteiger partial charge in [-0.1, -0.05) is 12.5 Å². The molecule has 6 heteroatoms. The minimum atomic E-state index is -0.189. The predicted molar refractivity (Wildman–Crippen MR) is 96.3 cm³/mol. The number of fused-ring (bicyclic) bond motifs is 2. The fourth-order valence-electron chi connectivity index (χ4n) is 3.74. The number of hydrogen-bond acceptors (Lipinski definition) is 3. The van der Waals surface area contributed by atoms with Crippen molar-refractivity contribution >= 4 is 28.9 Å². The van der Waals surface area contributed by atoms with Crippen molar-refractivity contribution in [3.63, 3.8) is 0 Å². The van der Waals surface area contributed by atoms with Crippen LogP contribution in [0.25, 0.3) is 0 Å². The molecule has 124 valence electrons. The van der Waals surface area contributed by atoms with Crippen LogP contribution in [0.3, 0.4) is 0 Å². The van der Waals surface area contributed by atoms with E-state index in [1.54, 1.807) is 6.07 Å². The van der Waals surface area contributed by atoms with Gasteiger partial charge in [0.2, 0.25) is 0 Å². The molecule has 3 atom stereocenters. The van der Waals surface area contributed by atoms with Gasteiger partial charge in [0.05, 0.1) is 0 Å². The molecule has 3 rings (SSSR count). The molecule has 3 N–H and O–H groups in total. The molecule has 0 aliphatic heterocycles. The van der Waals surface area contributed by atoms with Crippen molar-refractivity contribution in [2.45, 2.75) is 31.7 Å². The van der Waals surface area contributed by atoms with Crippen LogP contribution in [-0.2, 0) is 0 Å². The van der Waals surface area contributed by atoms with Gasteiger partial charge in [0.1, 0.15) is 0 Å². The lowest BCUT2D eigenvalue weighted by atomic mass is 9.96. The number of anilines is 1. The van der Waals surface area contributed by atoms with Gasteiger partial charge in [-0.15, -0.1) is 0 Å². The maximum atomic E-state index is 12.2. The van der Waals surface area contributed by atoms with Crippen molar-refractivity contribution in [2.24, 2.45) is 11.8 Å². The zero-order valence-electron chi connectivity index (χ0n) is 13.6. The number of hydrogen-bond donors (Lipinski definition) is 3. The van der Waals surface area contributed by atoms with E-state index < -0.39 is 0 Å². The summed E-state index contributed by atoms with van der Waals surface area (Å²) in [7, 11) is 3.90. The third kappa shape index (κ3) is 3.75. The van der Waals surface area contributed by atoms with Crippen LogP contribution >= 0.6 is 12.2 Å². The van der Waals surface area contributed by atoms with E-state index in [2.05, 4.69) is 16.2 Å². The summed E-state index contributed by atoms with van der Waals surface area (Å²) in [5, 5.41) is 3.84. The van der Waals surface area contributed by atoms with Gasteiger partial charge in [0.15, 0.2) is 5.11 Å². The third-order valence-electron chi connectivity index (χ3n) is 4.97. The SMILES string of the molecule is CN(C)c1cccc(C(=O)NNC(=S)N[C@@H]2C[C@@H]3CC[C@@H]2C3)c1. The topological polar surface area (TPSA) is 56.4 Å². The summed E-state index contributed by atoms with van der Waals surface area (Å²) in [5.41, 5.74) is 7.08. The van der Waals surface area contributed by atoms with Gasteiger partial charge in [-0.2, -0.15) is 0 Å². The van der Waals surface area contributed by atoms with Gasteiger partial charge < -0.3 is 10.2 Å². The molecule has 1 aromatic carbocycles. The van der Waals surface area contributed by atoms with Gasteiger partial charge >= 0.3 is 0 Å². The lowest BCUT2D eigenvalue weighted by Crippen LogP contribution is -2.50. The van der Waals surface area contributed by atoms with Crippen LogP contribution in [0, 0.1) is 11.8 Å². The van der Waals surface area contributed by atoms with E-state index >= 15 is 0 Å². The molecule has 0 heterocycles. The number of nitrogens with one attached hydrogen (secondary N) is 3. The second kappa shape index (κ2) is 6.74. The Labute approximate surface area is 142 Å². The highest BCUT2D eigenvalue weighted by atomic mass is 32.1. The number of carbonyl (C=O) groups is 1. The van der Waals surface area contributed by atoms with Gasteiger partial charge in [-0.05, 0) is 61.5 Å². The number of carbonyl (C=O) groups excluding carboxylic acids is 1. The highest BCUT2D eigenvalue weighted by Gasteiger charge is 2.39. The summed E-state index contributed by atoms with van der Waals surface area (Å²) in [5.74, 6) is 1.42. The Morgan fingerprint density at radius 1 is 1.22 bits per heavy atom. The molecular weight excluding hydrogens is 308 g/mol. The lowest BCUT2D eigenvalue weighted by Gasteiger charge is -2.24. The molecule has 0 aromatic heterocycles. The first-order chi connectivity index (χ1) is 11.0. The first-order valence-corrected chi connectivity index (χ1v) is 8.58. The van der Waals surface area contributed by atoms with Crippen LogP contribution in [0.15, 0.2) is 24.3 Å². The van der Waals surface area contributed by atoms with Crippen molar-refractivity contribution in [2.75, 3.05) is 19.0 Å². The number of nitrogens with zero attached hydrogens (tertiary/aromatic N) is 1. The van der Waals surface area contributed by atoms with Gasteiger partial charge in [-0.3, -0.25) is 15.6 Å². The second-order valence-corrected chi connectivity index (χ2v) is 7.19. The van der Waals surface area contributed by atoms with Crippen LogP contribution in [-0.4, -0.2) is 31.2 Å². The molecule has 2 saturated carbocycles. The van der Waals surface area contributed by atoms with Gasteiger partial charge in [-0.25, -0.2) is 0 Å². The summed E-state index contributed by atoms with van der Waals surface area (Å²) in [6.07, 6.45) is 5.19. The Balaban J connectivity index is 1.48. The Morgan fingerprint density at radius 2 is 2.04 bits per heavy atom. The molecule has 2 aliphatic carbocycles. The fourth-order valence-corrected chi connectivity index (χ4v) is 3.94. The molecular formula is C17H24N4OS. The second-order valence-electron chi connectivity index (χ2n) is 6.78. The Bertz CT molecular complexity index is 604. The van der Waals surface area contributed by atoms with E-state index in [-0.39, 0.29) is 5.91 Å². The largest absolute Gasteiger partial charge is 0.378 e. The van der Waals surface area contributed by atoms with E-state index in [9.17, 15) is 4.79 Å². The first-order valence-electron chi connectivity index (χ1n) is 8.17. The van der Waals surface area contributed by atoms with Crippen molar-refractivity contribution in [3.05, 3.63) is 29.8 Å².